The van der Waals surface area contributed by atoms with Gasteiger partial charge in [-0.2, -0.15) is 0 Å². The summed E-state index contributed by atoms with van der Waals surface area (Å²) in [6.45, 7) is 3.13. The van der Waals surface area contributed by atoms with Gasteiger partial charge in [0.1, 0.15) is 0 Å². The Morgan fingerprint density at radius 3 is 2.78 bits per heavy atom. The Kier molecular flexibility index (Phi) is 5.70. The molecule has 98 valence electrons. The van der Waals surface area contributed by atoms with E-state index in [0.29, 0.717) is 6.04 Å². The molecule has 2 aromatic heterocycles. The van der Waals surface area contributed by atoms with Gasteiger partial charge in [0.25, 0.3) is 0 Å². The standard InChI is InChI=1S/C14H18ClNS2/c1-2-16-13(14-12(15)8-10-18-14)7-3-5-11-6-4-9-17-11/h4,6,8-10,13,16H,2-3,5,7H2,1H3. The molecule has 0 spiro atoms. The fourth-order valence-electron chi connectivity index (χ4n) is 2.06. The quantitative estimate of drug-likeness (QED) is 0.747. The molecule has 0 saturated heterocycles. The Hall–Kier alpha value is -0.350. The van der Waals surface area contributed by atoms with Crippen LogP contribution in [0.4, 0.5) is 0 Å². The fourth-order valence-corrected chi connectivity index (χ4v) is 4.11. The molecule has 1 unspecified atom stereocenters. The zero-order valence-corrected chi connectivity index (χ0v) is 12.9. The van der Waals surface area contributed by atoms with Crippen molar-refractivity contribution in [1.29, 1.82) is 0 Å². The Balaban J connectivity index is 1.89. The zero-order chi connectivity index (χ0) is 12.8. The topological polar surface area (TPSA) is 12.0 Å². The van der Waals surface area contributed by atoms with Gasteiger partial charge in [0, 0.05) is 15.8 Å². The maximum Gasteiger partial charge on any atom is 0.0561 e. The monoisotopic (exact) mass is 299 g/mol. The molecular formula is C14H18ClNS2. The van der Waals surface area contributed by atoms with Gasteiger partial charge in [0.05, 0.1) is 5.02 Å². The zero-order valence-electron chi connectivity index (χ0n) is 10.5. The van der Waals surface area contributed by atoms with Crippen LogP contribution in [0.25, 0.3) is 0 Å². The summed E-state index contributed by atoms with van der Waals surface area (Å²) >= 11 is 9.82. The number of hydrogen-bond acceptors (Lipinski definition) is 3. The lowest BCUT2D eigenvalue weighted by molar-refractivity contribution is 0.506. The van der Waals surface area contributed by atoms with E-state index in [1.54, 1.807) is 11.3 Å². The summed E-state index contributed by atoms with van der Waals surface area (Å²) in [5.74, 6) is 0. The van der Waals surface area contributed by atoms with Crippen LogP contribution in [0.5, 0.6) is 0 Å². The van der Waals surface area contributed by atoms with Crippen molar-refractivity contribution in [1.82, 2.24) is 5.32 Å². The Morgan fingerprint density at radius 1 is 1.28 bits per heavy atom. The third-order valence-corrected chi connectivity index (χ3v) is 5.32. The molecule has 2 rings (SSSR count). The fraction of sp³-hybridized carbons (Fsp3) is 0.429. The van der Waals surface area contributed by atoms with Gasteiger partial charge in [0.15, 0.2) is 0 Å². The van der Waals surface area contributed by atoms with Gasteiger partial charge in [0.2, 0.25) is 0 Å². The highest BCUT2D eigenvalue weighted by atomic mass is 35.5. The first-order valence-electron chi connectivity index (χ1n) is 6.30. The van der Waals surface area contributed by atoms with E-state index in [0.717, 1.165) is 18.0 Å². The Labute approximate surface area is 122 Å². The summed E-state index contributed by atoms with van der Waals surface area (Å²) in [7, 11) is 0. The Morgan fingerprint density at radius 2 is 2.17 bits per heavy atom. The lowest BCUT2D eigenvalue weighted by Crippen LogP contribution is -2.20. The van der Waals surface area contributed by atoms with Crippen molar-refractivity contribution >= 4 is 34.3 Å². The van der Waals surface area contributed by atoms with Gasteiger partial charge < -0.3 is 5.32 Å². The van der Waals surface area contributed by atoms with E-state index in [-0.39, 0.29) is 0 Å². The largest absolute Gasteiger partial charge is 0.309 e. The molecule has 0 aromatic carbocycles. The maximum absolute atomic E-state index is 6.22. The number of hydrogen-bond donors (Lipinski definition) is 1. The second-order valence-electron chi connectivity index (χ2n) is 4.21. The molecule has 4 heteroatoms. The van der Waals surface area contributed by atoms with Gasteiger partial charge in [-0.1, -0.05) is 24.6 Å². The SMILES string of the molecule is CCNC(CCCc1cccs1)c1sccc1Cl. The third kappa shape index (κ3) is 3.82. The third-order valence-electron chi connectivity index (χ3n) is 2.91. The number of aryl methyl sites for hydroxylation is 1. The minimum atomic E-state index is 0.405. The molecule has 0 aliphatic heterocycles. The smallest absolute Gasteiger partial charge is 0.0561 e. The van der Waals surface area contributed by atoms with Crippen LogP contribution in [0, 0.1) is 0 Å². The van der Waals surface area contributed by atoms with Gasteiger partial charge in [-0.15, -0.1) is 22.7 Å². The summed E-state index contributed by atoms with van der Waals surface area (Å²) in [6, 6.07) is 6.73. The molecule has 0 bridgehead atoms. The van der Waals surface area contributed by atoms with Gasteiger partial charge in [-0.25, -0.2) is 0 Å². The van der Waals surface area contributed by atoms with Crippen LogP contribution in [0.2, 0.25) is 5.02 Å². The average molecular weight is 300 g/mol. The van der Waals surface area contributed by atoms with Crippen LogP contribution < -0.4 is 5.32 Å². The van der Waals surface area contributed by atoms with Crippen molar-refractivity contribution in [3.05, 3.63) is 43.7 Å². The Bertz CT molecular complexity index is 450. The van der Waals surface area contributed by atoms with E-state index in [2.05, 4.69) is 35.1 Å². The first-order valence-corrected chi connectivity index (χ1v) is 8.43. The molecule has 1 nitrogen and oxygen atoms in total. The molecule has 1 N–H and O–H groups in total. The first kappa shape index (κ1) is 14.1. The van der Waals surface area contributed by atoms with Gasteiger partial charge in [-0.05, 0) is 48.7 Å². The molecule has 0 radical (unpaired) electrons. The number of thiophene rings is 2. The van der Waals surface area contributed by atoms with Crippen LogP contribution >= 0.6 is 34.3 Å². The lowest BCUT2D eigenvalue weighted by Gasteiger charge is -2.16. The molecule has 0 aliphatic rings. The highest BCUT2D eigenvalue weighted by Crippen LogP contribution is 2.31. The van der Waals surface area contributed by atoms with E-state index in [1.165, 1.54) is 22.6 Å². The van der Waals surface area contributed by atoms with E-state index in [4.69, 9.17) is 11.6 Å². The molecule has 0 saturated carbocycles. The molecule has 2 aromatic rings. The van der Waals surface area contributed by atoms with E-state index in [9.17, 15) is 0 Å². The van der Waals surface area contributed by atoms with E-state index in [1.807, 2.05) is 17.4 Å². The van der Waals surface area contributed by atoms with Crippen molar-refractivity contribution in [2.75, 3.05) is 6.54 Å². The summed E-state index contributed by atoms with van der Waals surface area (Å²) in [4.78, 5) is 2.76. The van der Waals surface area contributed by atoms with Gasteiger partial charge in [-0.3, -0.25) is 0 Å². The van der Waals surface area contributed by atoms with Crippen LogP contribution in [0.15, 0.2) is 29.0 Å². The molecule has 0 aliphatic carbocycles. The average Bonchev–Trinajstić information content (AvgIpc) is 2.99. The predicted octanol–water partition coefficient (Wildman–Crippen LogP) is 5.14. The summed E-state index contributed by atoms with van der Waals surface area (Å²) in [5.41, 5.74) is 0. The van der Waals surface area contributed by atoms with Crippen molar-refractivity contribution in [3.8, 4) is 0 Å². The highest BCUT2D eigenvalue weighted by molar-refractivity contribution is 7.10. The number of rotatable bonds is 7. The normalized spacial score (nSPS) is 12.8. The molecule has 0 fully saturated rings. The van der Waals surface area contributed by atoms with E-state index >= 15 is 0 Å². The second-order valence-corrected chi connectivity index (χ2v) is 6.60. The van der Waals surface area contributed by atoms with Gasteiger partial charge >= 0.3 is 0 Å². The number of nitrogens with one attached hydrogen (secondary N) is 1. The maximum atomic E-state index is 6.22. The predicted molar refractivity (Wildman–Crippen MR) is 83.0 cm³/mol. The minimum Gasteiger partial charge on any atom is -0.309 e. The van der Waals surface area contributed by atoms with Crippen LogP contribution in [0.1, 0.15) is 35.6 Å². The summed E-state index contributed by atoms with van der Waals surface area (Å²) in [6.07, 6.45) is 3.51. The molecule has 1 atom stereocenters. The molecule has 18 heavy (non-hydrogen) atoms. The van der Waals surface area contributed by atoms with Crippen molar-refractivity contribution in [2.45, 2.75) is 32.2 Å². The lowest BCUT2D eigenvalue weighted by atomic mass is 10.1. The van der Waals surface area contributed by atoms with Crippen molar-refractivity contribution in [3.63, 3.8) is 0 Å². The minimum absolute atomic E-state index is 0.405. The molecular weight excluding hydrogens is 282 g/mol. The molecule has 0 amide bonds. The van der Waals surface area contributed by atoms with Crippen molar-refractivity contribution in [2.24, 2.45) is 0 Å². The van der Waals surface area contributed by atoms with E-state index < -0.39 is 0 Å². The number of halogens is 1. The summed E-state index contributed by atoms with van der Waals surface area (Å²) in [5, 5.41) is 8.66. The van der Waals surface area contributed by atoms with Crippen LogP contribution in [0.3, 0.4) is 0 Å². The summed E-state index contributed by atoms with van der Waals surface area (Å²) < 4.78 is 0. The first-order chi connectivity index (χ1) is 8.81. The van der Waals surface area contributed by atoms with Crippen LogP contribution in [-0.4, -0.2) is 6.54 Å². The second kappa shape index (κ2) is 7.29. The van der Waals surface area contributed by atoms with Crippen LogP contribution in [-0.2, 0) is 6.42 Å². The van der Waals surface area contributed by atoms with Crippen molar-refractivity contribution < 1.29 is 0 Å². The molecule has 2 heterocycles. The highest BCUT2D eigenvalue weighted by Gasteiger charge is 2.14.